The molecule has 0 bridgehead atoms. The number of carbonyl (C=O) groups is 2. The van der Waals surface area contributed by atoms with Crippen LogP contribution in [0.3, 0.4) is 0 Å². The lowest BCUT2D eigenvalue weighted by atomic mass is 10.1. The largest absolute Gasteiger partial charge is 0.447 e. The van der Waals surface area contributed by atoms with Gasteiger partial charge in [-0.25, -0.2) is 9.48 Å². The summed E-state index contributed by atoms with van der Waals surface area (Å²) in [5.74, 6) is -0.152. The molecule has 0 unspecified atom stereocenters. The normalized spacial score (nSPS) is 13.4. The van der Waals surface area contributed by atoms with Gasteiger partial charge in [0.05, 0.1) is 17.9 Å². The monoisotopic (exact) mass is 404 g/mol. The fourth-order valence-electron chi connectivity index (χ4n) is 3.48. The van der Waals surface area contributed by atoms with E-state index in [9.17, 15) is 9.59 Å². The molecule has 1 aromatic heterocycles. The number of anilines is 1. The fraction of sp³-hybridized carbons (Fsp3) is 0.261. The van der Waals surface area contributed by atoms with Gasteiger partial charge in [0.25, 0.3) is 5.91 Å². The van der Waals surface area contributed by atoms with Crippen LogP contribution >= 0.6 is 0 Å². The number of nitrogens with one attached hydrogen (secondary N) is 1. The summed E-state index contributed by atoms with van der Waals surface area (Å²) in [6.07, 6.45) is 3.31. The number of hydrogen-bond acceptors (Lipinski definition) is 4. The van der Waals surface area contributed by atoms with Crippen molar-refractivity contribution in [1.29, 1.82) is 0 Å². The van der Waals surface area contributed by atoms with Crippen LogP contribution in [0.4, 0.5) is 10.5 Å². The SMILES string of the molecule is Cc1nn(-c2ccccc2)cc1CCCNC(=O)c1cccc(N2CCOC2=O)c1. The number of aryl methyl sites for hydroxylation is 2. The Kier molecular flexibility index (Phi) is 5.79. The first-order valence-corrected chi connectivity index (χ1v) is 10.0. The predicted octanol–water partition coefficient (Wildman–Crippen LogP) is 3.50. The Morgan fingerprint density at radius 2 is 1.93 bits per heavy atom. The van der Waals surface area contributed by atoms with Gasteiger partial charge in [-0.15, -0.1) is 0 Å². The number of ether oxygens (including phenoxy) is 1. The van der Waals surface area contributed by atoms with Crippen LogP contribution in [0.25, 0.3) is 5.69 Å². The van der Waals surface area contributed by atoms with Gasteiger partial charge in [0, 0.05) is 24.0 Å². The van der Waals surface area contributed by atoms with Crippen molar-refractivity contribution in [2.75, 3.05) is 24.6 Å². The predicted molar refractivity (Wildman–Crippen MR) is 114 cm³/mol. The third kappa shape index (κ3) is 4.35. The van der Waals surface area contributed by atoms with Crippen LogP contribution in [0.1, 0.15) is 28.0 Å². The third-order valence-electron chi connectivity index (χ3n) is 5.11. The number of amides is 2. The smallest absolute Gasteiger partial charge is 0.414 e. The van der Waals surface area contributed by atoms with Gasteiger partial charge in [0.2, 0.25) is 0 Å². The molecule has 7 heteroatoms. The third-order valence-corrected chi connectivity index (χ3v) is 5.11. The fourth-order valence-corrected chi connectivity index (χ4v) is 3.48. The highest BCUT2D eigenvalue weighted by molar-refractivity contribution is 5.97. The van der Waals surface area contributed by atoms with E-state index in [-0.39, 0.29) is 12.0 Å². The van der Waals surface area contributed by atoms with Gasteiger partial charge in [0.1, 0.15) is 6.61 Å². The summed E-state index contributed by atoms with van der Waals surface area (Å²) in [7, 11) is 0. The number of cyclic esters (lactones) is 1. The van der Waals surface area contributed by atoms with Gasteiger partial charge < -0.3 is 10.1 Å². The summed E-state index contributed by atoms with van der Waals surface area (Å²) in [5, 5.41) is 7.54. The molecule has 2 aromatic carbocycles. The van der Waals surface area contributed by atoms with Crippen molar-refractivity contribution in [2.24, 2.45) is 0 Å². The van der Waals surface area contributed by atoms with Crippen LogP contribution in [0, 0.1) is 6.92 Å². The van der Waals surface area contributed by atoms with E-state index in [1.165, 1.54) is 10.5 Å². The zero-order valence-corrected chi connectivity index (χ0v) is 16.9. The lowest BCUT2D eigenvalue weighted by Gasteiger charge is -2.13. The summed E-state index contributed by atoms with van der Waals surface area (Å²) in [6, 6.07) is 17.0. The van der Waals surface area contributed by atoms with Crippen molar-refractivity contribution in [1.82, 2.24) is 15.1 Å². The Labute approximate surface area is 175 Å². The topological polar surface area (TPSA) is 76.5 Å². The molecule has 0 saturated carbocycles. The number of rotatable bonds is 7. The second kappa shape index (κ2) is 8.82. The average Bonchev–Trinajstić information content (AvgIpc) is 3.37. The second-order valence-corrected chi connectivity index (χ2v) is 7.20. The molecule has 1 saturated heterocycles. The number of hydrogen-bond donors (Lipinski definition) is 1. The highest BCUT2D eigenvalue weighted by Gasteiger charge is 2.24. The molecular formula is C23H24N4O3. The highest BCUT2D eigenvalue weighted by atomic mass is 16.6. The quantitative estimate of drug-likeness (QED) is 0.612. The minimum absolute atomic E-state index is 0.152. The van der Waals surface area contributed by atoms with Crippen molar-refractivity contribution in [3.05, 3.63) is 77.6 Å². The highest BCUT2D eigenvalue weighted by Crippen LogP contribution is 2.20. The molecule has 1 fully saturated rings. The van der Waals surface area contributed by atoms with E-state index < -0.39 is 0 Å². The van der Waals surface area contributed by atoms with E-state index in [0.717, 1.165) is 24.2 Å². The van der Waals surface area contributed by atoms with Crippen LogP contribution in [0.2, 0.25) is 0 Å². The molecule has 0 radical (unpaired) electrons. The lowest BCUT2D eigenvalue weighted by molar-refractivity contribution is 0.0953. The van der Waals surface area contributed by atoms with E-state index in [0.29, 0.717) is 30.9 Å². The molecule has 30 heavy (non-hydrogen) atoms. The zero-order valence-electron chi connectivity index (χ0n) is 16.9. The maximum atomic E-state index is 12.5. The Hall–Kier alpha value is -3.61. The molecule has 7 nitrogen and oxygen atoms in total. The molecule has 0 spiro atoms. The summed E-state index contributed by atoms with van der Waals surface area (Å²) in [6.45, 7) is 3.43. The maximum Gasteiger partial charge on any atom is 0.414 e. The van der Waals surface area contributed by atoms with Crippen LogP contribution in [-0.4, -0.2) is 41.5 Å². The molecule has 3 aromatic rings. The number of nitrogens with zero attached hydrogens (tertiary/aromatic N) is 3. The molecule has 1 aliphatic rings. The summed E-state index contributed by atoms with van der Waals surface area (Å²) in [4.78, 5) is 25.7. The summed E-state index contributed by atoms with van der Waals surface area (Å²) < 4.78 is 6.85. The van der Waals surface area contributed by atoms with Crippen molar-refractivity contribution in [3.8, 4) is 5.69 Å². The number of carbonyl (C=O) groups excluding carboxylic acids is 2. The standard InChI is InChI=1S/C23H24N4O3/c1-17-19(16-27(25-17)20-9-3-2-4-10-20)8-6-12-24-22(28)18-7-5-11-21(15-18)26-13-14-30-23(26)29/h2-5,7,9-11,15-16H,6,8,12-14H2,1H3,(H,24,28). The summed E-state index contributed by atoms with van der Waals surface area (Å²) >= 11 is 0. The Bertz CT molecular complexity index is 1050. The molecule has 1 N–H and O–H groups in total. The second-order valence-electron chi connectivity index (χ2n) is 7.20. The first-order chi connectivity index (χ1) is 14.6. The van der Waals surface area contributed by atoms with Gasteiger partial charge in [-0.3, -0.25) is 9.69 Å². The van der Waals surface area contributed by atoms with Crippen LogP contribution in [0.15, 0.2) is 60.8 Å². The molecule has 4 rings (SSSR count). The lowest BCUT2D eigenvalue weighted by Crippen LogP contribution is -2.26. The van der Waals surface area contributed by atoms with Crippen LogP contribution < -0.4 is 10.2 Å². The molecule has 0 atom stereocenters. The minimum atomic E-state index is -0.376. The number of benzene rings is 2. The maximum absolute atomic E-state index is 12.5. The zero-order chi connectivity index (χ0) is 20.9. The van der Waals surface area contributed by atoms with Gasteiger partial charge in [0.15, 0.2) is 0 Å². The van der Waals surface area contributed by atoms with Crippen molar-refractivity contribution in [2.45, 2.75) is 19.8 Å². The van der Waals surface area contributed by atoms with Crippen molar-refractivity contribution in [3.63, 3.8) is 0 Å². The van der Waals surface area contributed by atoms with E-state index in [2.05, 4.69) is 10.4 Å². The molecule has 2 heterocycles. The number of aromatic nitrogens is 2. The molecule has 0 aliphatic carbocycles. The van der Waals surface area contributed by atoms with E-state index >= 15 is 0 Å². The minimum Gasteiger partial charge on any atom is -0.447 e. The first kappa shape index (κ1) is 19.7. The molecule has 154 valence electrons. The average molecular weight is 404 g/mol. The van der Waals surface area contributed by atoms with E-state index in [4.69, 9.17) is 4.74 Å². The van der Waals surface area contributed by atoms with Crippen molar-refractivity contribution >= 4 is 17.7 Å². The van der Waals surface area contributed by atoms with Gasteiger partial charge in [-0.05, 0) is 55.7 Å². The molecule has 1 aliphatic heterocycles. The van der Waals surface area contributed by atoms with Gasteiger partial charge in [-0.1, -0.05) is 24.3 Å². The van der Waals surface area contributed by atoms with Gasteiger partial charge >= 0.3 is 6.09 Å². The Morgan fingerprint density at radius 1 is 1.13 bits per heavy atom. The molecular weight excluding hydrogens is 380 g/mol. The van der Waals surface area contributed by atoms with E-state index in [1.807, 2.05) is 48.1 Å². The van der Waals surface area contributed by atoms with Gasteiger partial charge in [-0.2, -0.15) is 5.10 Å². The van der Waals surface area contributed by atoms with E-state index in [1.54, 1.807) is 24.3 Å². The summed E-state index contributed by atoms with van der Waals surface area (Å²) in [5.41, 5.74) is 4.40. The Balaban J connectivity index is 1.30. The first-order valence-electron chi connectivity index (χ1n) is 10.0. The molecule has 2 amide bonds. The van der Waals surface area contributed by atoms with Crippen LogP contribution in [0.5, 0.6) is 0 Å². The number of para-hydroxylation sites is 1. The van der Waals surface area contributed by atoms with Crippen molar-refractivity contribution < 1.29 is 14.3 Å². The Morgan fingerprint density at radius 3 is 2.70 bits per heavy atom. The van der Waals surface area contributed by atoms with Crippen LogP contribution in [-0.2, 0) is 11.2 Å².